The summed E-state index contributed by atoms with van der Waals surface area (Å²) in [5.74, 6) is -0.0484. The molecule has 126 valence electrons. The molecule has 2 atom stereocenters. The Balaban J connectivity index is 1.63. The highest BCUT2D eigenvalue weighted by Crippen LogP contribution is 2.22. The van der Waals surface area contributed by atoms with Crippen LogP contribution in [0.25, 0.3) is 0 Å². The van der Waals surface area contributed by atoms with Gasteiger partial charge in [0.1, 0.15) is 6.54 Å². The van der Waals surface area contributed by atoms with Crippen LogP contribution in [0.5, 0.6) is 0 Å². The molecule has 1 aromatic rings. The summed E-state index contributed by atoms with van der Waals surface area (Å²) in [4.78, 5) is 30.5. The van der Waals surface area contributed by atoms with Crippen LogP contribution < -0.4 is 4.90 Å². The van der Waals surface area contributed by atoms with Crippen molar-refractivity contribution < 1.29 is 14.3 Å². The SMILES string of the molecule is CO[C@H]1C[C@@H](C(=O)N2CCN(c3cnn(C)c3)C(=O)C2)N(C)C1. The first-order valence-electron chi connectivity index (χ1n) is 7.80. The molecular formula is C15H23N5O3. The molecule has 0 bridgehead atoms. The minimum atomic E-state index is -0.197. The standard InChI is InChI=1S/C15H23N5O3/c1-17-9-12(23-3)6-13(17)15(22)19-4-5-20(14(21)10-19)11-7-16-18(2)8-11/h7-8,12-13H,4-6,9-10H2,1-3H3/t12-,13-/m0/s1. The first kappa shape index (κ1) is 15.9. The van der Waals surface area contributed by atoms with Crippen LogP contribution in [0.1, 0.15) is 6.42 Å². The Morgan fingerprint density at radius 1 is 1.35 bits per heavy atom. The molecule has 2 aliphatic rings. The van der Waals surface area contributed by atoms with Crippen molar-refractivity contribution >= 4 is 17.5 Å². The quantitative estimate of drug-likeness (QED) is 0.737. The fourth-order valence-electron chi connectivity index (χ4n) is 3.30. The van der Waals surface area contributed by atoms with Crippen LogP contribution in [0, 0.1) is 0 Å². The minimum absolute atomic E-state index is 0.0197. The number of anilines is 1. The number of likely N-dealkylation sites (N-methyl/N-ethyl adjacent to an activating group) is 1. The lowest BCUT2D eigenvalue weighted by molar-refractivity contribution is -0.140. The molecule has 8 heteroatoms. The Morgan fingerprint density at radius 2 is 2.13 bits per heavy atom. The largest absolute Gasteiger partial charge is 0.380 e. The third-order valence-electron chi connectivity index (χ3n) is 4.66. The van der Waals surface area contributed by atoms with Crippen molar-refractivity contribution in [2.45, 2.75) is 18.6 Å². The third kappa shape index (κ3) is 3.09. The maximum atomic E-state index is 12.7. The zero-order chi connectivity index (χ0) is 16.6. The fourth-order valence-corrected chi connectivity index (χ4v) is 3.30. The molecule has 8 nitrogen and oxygen atoms in total. The van der Waals surface area contributed by atoms with Gasteiger partial charge >= 0.3 is 0 Å². The van der Waals surface area contributed by atoms with Crippen LogP contribution in [-0.4, -0.2) is 83.9 Å². The van der Waals surface area contributed by atoms with Crippen molar-refractivity contribution in [3.63, 3.8) is 0 Å². The molecule has 2 aliphatic heterocycles. The van der Waals surface area contributed by atoms with Crippen LogP contribution in [0.3, 0.4) is 0 Å². The number of carbonyl (C=O) groups excluding carboxylic acids is 2. The molecule has 2 saturated heterocycles. The number of hydrogen-bond donors (Lipinski definition) is 0. The van der Waals surface area contributed by atoms with Crippen molar-refractivity contribution in [3.8, 4) is 0 Å². The fraction of sp³-hybridized carbons (Fsp3) is 0.667. The van der Waals surface area contributed by atoms with Gasteiger partial charge in [-0.1, -0.05) is 0 Å². The van der Waals surface area contributed by atoms with E-state index in [1.807, 2.05) is 25.2 Å². The Labute approximate surface area is 135 Å². The second-order valence-electron chi connectivity index (χ2n) is 6.23. The molecule has 1 aromatic heterocycles. The second-order valence-corrected chi connectivity index (χ2v) is 6.23. The van der Waals surface area contributed by atoms with Gasteiger partial charge in [-0.25, -0.2) is 0 Å². The smallest absolute Gasteiger partial charge is 0.246 e. The van der Waals surface area contributed by atoms with E-state index in [1.165, 1.54) is 0 Å². The van der Waals surface area contributed by atoms with Crippen LogP contribution in [0.15, 0.2) is 12.4 Å². The predicted octanol–water partition coefficient (Wildman–Crippen LogP) is -0.686. The van der Waals surface area contributed by atoms with Gasteiger partial charge in [0.15, 0.2) is 0 Å². The van der Waals surface area contributed by atoms with Crippen molar-refractivity contribution in [2.75, 3.05) is 45.2 Å². The number of piperazine rings is 1. The number of aromatic nitrogens is 2. The molecule has 0 spiro atoms. The van der Waals surface area contributed by atoms with Crippen LogP contribution in [0.4, 0.5) is 5.69 Å². The number of nitrogens with zero attached hydrogens (tertiary/aromatic N) is 5. The average Bonchev–Trinajstić information content (AvgIpc) is 3.12. The van der Waals surface area contributed by atoms with Gasteiger partial charge in [-0.3, -0.25) is 19.2 Å². The van der Waals surface area contributed by atoms with Gasteiger partial charge in [-0.2, -0.15) is 5.10 Å². The van der Waals surface area contributed by atoms with E-state index >= 15 is 0 Å². The van der Waals surface area contributed by atoms with Gasteiger partial charge in [0, 0.05) is 40.0 Å². The highest BCUT2D eigenvalue weighted by Gasteiger charge is 2.39. The summed E-state index contributed by atoms with van der Waals surface area (Å²) in [6.07, 6.45) is 4.25. The second kappa shape index (κ2) is 6.29. The van der Waals surface area contributed by atoms with Crippen LogP contribution >= 0.6 is 0 Å². The monoisotopic (exact) mass is 321 g/mol. The molecule has 0 radical (unpaired) electrons. The van der Waals surface area contributed by atoms with Gasteiger partial charge in [0.25, 0.3) is 0 Å². The Morgan fingerprint density at radius 3 is 2.70 bits per heavy atom. The lowest BCUT2D eigenvalue weighted by Crippen LogP contribution is -2.55. The zero-order valence-electron chi connectivity index (χ0n) is 13.8. The summed E-state index contributed by atoms with van der Waals surface area (Å²) in [5.41, 5.74) is 0.780. The number of hydrogen-bond acceptors (Lipinski definition) is 5. The molecule has 3 rings (SSSR count). The van der Waals surface area contributed by atoms with E-state index < -0.39 is 0 Å². The van der Waals surface area contributed by atoms with Gasteiger partial charge < -0.3 is 14.5 Å². The molecule has 0 aromatic carbocycles. The molecule has 2 fully saturated rings. The van der Waals surface area contributed by atoms with E-state index in [1.54, 1.807) is 27.8 Å². The number of likely N-dealkylation sites (tertiary alicyclic amines) is 1. The Hall–Kier alpha value is -1.93. The molecule has 23 heavy (non-hydrogen) atoms. The maximum absolute atomic E-state index is 12.7. The molecule has 3 heterocycles. The van der Waals surface area contributed by atoms with E-state index in [2.05, 4.69) is 5.10 Å². The highest BCUT2D eigenvalue weighted by molar-refractivity contribution is 5.98. The number of rotatable bonds is 3. The summed E-state index contributed by atoms with van der Waals surface area (Å²) < 4.78 is 7.02. The Kier molecular flexibility index (Phi) is 4.36. The zero-order valence-corrected chi connectivity index (χ0v) is 13.8. The number of carbonyl (C=O) groups is 2. The summed E-state index contributed by atoms with van der Waals surface area (Å²) in [5, 5.41) is 4.09. The van der Waals surface area contributed by atoms with Gasteiger partial charge in [0.2, 0.25) is 11.8 Å². The highest BCUT2D eigenvalue weighted by atomic mass is 16.5. The molecular weight excluding hydrogens is 298 g/mol. The van der Waals surface area contributed by atoms with E-state index in [4.69, 9.17) is 4.74 Å². The minimum Gasteiger partial charge on any atom is -0.380 e. The van der Waals surface area contributed by atoms with Crippen LogP contribution in [0.2, 0.25) is 0 Å². The van der Waals surface area contributed by atoms with E-state index in [0.29, 0.717) is 19.5 Å². The first-order chi connectivity index (χ1) is 11.0. The van der Waals surface area contributed by atoms with Gasteiger partial charge in [-0.05, 0) is 13.5 Å². The summed E-state index contributed by atoms with van der Waals surface area (Å²) in [7, 11) is 5.41. The number of amides is 2. The number of ether oxygens (including phenoxy) is 1. The van der Waals surface area contributed by atoms with Gasteiger partial charge in [-0.15, -0.1) is 0 Å². The lowest BCUT2D eigenvalue weighted by Gasteiger charge is -2.35. The van der Waals surface area contributed by atoms with E-state index in [-0.39, 0.29) is 30.5 Å². The number of aryl methyl sites for hydroxylation is 1. The first-order valence-corrected chi connectivity index (χ1v) is 7.80. The molecule has 0 N–H and O–H groups in total. The lowest BCUT2D eigenvalue weighted by atomic mass is 10.1. The number of methoxy groups -OCH3 is 1. The van der Waals surface area contributed by atoms with Crippen LogP contribution in [-0.2, 0) is 21.4 Å². The third-order valence-corrected chi connectivity index (χ3v) is 4.66. The Bertz CT molecular complexity index is 602. The van der Waals surface area contributed by atoms with Crippen molar-refractivity contribution in [3.05, 3.63) is 12.4 Å². The molecule has 2 amide bonds. The average molecular weight is 321 g/mol. The molecule has 0 aliphatic carbocycles. The summed E-state index contributed by atoms with van der Waals surface area (Å²) in [6, 6.07) is -0.197. The maximum Gasteiger partial charge on any atom is 0.246 e. The van der Waals surface area contributed by atoms with Crippen molar-refractivity contribution in [1.29, 1.82) is 0 Å². The normalized spacial score (nSPS) is 26.1. The molecule has 0 saturated carbocycles. The molecule has 0 unspecified atom stereocenters. The summed E-state index contributed by atoms with van der Waals surface area (Å²) in [6.45, 7) is 1.91. The van der Waals surface area contributed by atoms with Crippen molar-refractivity contribution in [2.24, 2.45) is 7.05 Å². The summed E-state index contributed by atoms with van der Waals surface area (Å²) >= 11 is 0. The van der Waals surface area contributed by atoms with E-state index in [9.17, 15) is 9.59 Å². The topological polar surface area (TPSA) is 70.9 Å². The van der Waals surface area contributed by atoms with E-state index in [0.717, 1.165) is 12.2 Å². The van der Waals surface area contributed by atoms with Crippen molar-refractivity contribution in [1.82, 2.24) is 19.6 Å². The van der Waals surface area contributed by atoms with Gasteiger partial charge in [0.05, 0.1) is 24.0 Å². The predicted molar refractivity (Wildman–Crippen MR) is 84.0 cm³/mol.